The monoisotopic (exact) mass is 721 g/mol. The number of thiophene rings is 1. The van der Waals surface area contributed by atoms with Gasteiger partial charge in [0.1, 0.15) is 11.0 Å². The van der Waals surface area contributed by atoms with Gasteiger partial charge in [-0.15, -0.1) is 11.3 Å². The number of fused-ring (bicyclic) bond motifs is 4. The van der Waals surface area contributed by atoms with E-state index in [1.165, 1.54) is 185 Å². The molecule has 3 heteroatoms. The van der Waals surface area contributed by atoms with Crippen LogP contribution < -0.4 is 0 Å². The fraction of sp³-hybridized carbons (Fsp3) is 0.633. The number of rotatable bonds is 25. The molecule has 2 aromatic carbocycles. The van der Waals surface area contributed by atoms with Crippen molar-refractivity contribution in [1.82, 2.24) is 9.97 Å². The molecule has 0 radical (unpaired) electrons. The lowest BCUT2D eigenvalue weighted by Crippen LogP contribution is -2.25. The first-order chi connectivity index (χ1) is 25.5. The number of unbranched alkanes of at least 4 members (excludes halogenated alkanes) is 16. The molecule has 0 bridgehead atoms. The van der Waals surface area contributed by atoms with Gasteiger partial charge in [-0.3, -0.25) is 0 Å². The molecule has 5 rings (SSSR count). The van der Waals surface area contributed by atoms with Crippen LogP contribution in [0.25, 0.3) is 32.6 Å². The normalized spacial score (nSPS) is 13.3. The first-order valence-electron chi connectivity index (χ1n) is 22.0. The van der Waals surface area contributed by atoms with Crippen molar-refractivity contribution in [2.24, 2.45) is 0 Å². The van der Waals surface area contributed by atoms with E-state index in [1.54, 1.807) is 11.1 Å². The van der Waals surface area contributed by atoms with Gasteiger partial charge in [0, 0.05) is 10.3 Å². The zero-order chi connectivity index (χ0) is 36.8. The molecule has 0 saturated carbocycles. The van der Waals surface area contributed by atoms with Crippen molar-refractivity contribution in [3.05, 3.63) is 69.4 Å². The minimum absolute atomic E-state index is 0.0894. The van der Waals surface area contributed by atoms with E-state index in [0.717, 1.165) is 23.9 Å². The van der Waals surface area contributed by atoms with Crippen LogP contribution in [0.1, 0.15) is 202 Å². The number of aromatic nitrogens is 2. The smallest absolute Gasteiger partial charge is 0.108 e. The highest BCUT2D eigenvalue weighted by atomic mass is 32.1. The first kappa shape index (κ1) is 40.7. The zero-order valence-electron chi connectivity index (χ0n) is 34.2. The maximum atomic E-state index is 5.57. The van der Waals surface area contributed by atoms with Crippen molar-refractivity contribution < 1.29 is 0 Å². The van der Waals surface area contributed by atoms with Gasteiger partial charge in [-0.1, -0.05) is 179 Å². The van der Waals surface area contributed by atoms with E-state index in [2.05, 4.69) is 77.9 Å². The molecule has 0 unspecified atom stereocenters. The standard InChI is InChI=1S/C49H72N2S/c1-7-11-15-19-21-25-33-49(34-26-22-20-16-12-8-2)42-35-37(5)29-31-40(42)41-32-30-39(36-43(41)49)48-47-46(38(6)52-48)50-44(27-23-17-13-9-3)45(51-47)28-24-18-14-10-4/h29-32,35-36H,7-28,33-34H2,1-6H3. The van der Waals surface area contributed by atoms with E-state index < -0.39 is 0 Å². The van der Waals surface area contributed by atoms with Gasteiger partial charge < -0.3 is 0 Å². The van der Waals surface area contributed by atoms with E-state index in [-0.39, 0.29) is 5.41 Å². The molecule has 284 valence electrons. The van der Waals surface area contributed by atoms with Crippen molar-refractivity contribution >= 4 is 22.4 Å². The Labute approximate surface area is 323 Å². The van der Waals surface area contributed by atoms with E-state index in [1.807, 2.05) is 11.3 Å². The Kier molecular flexibility index (Phi) is 16.3. The molecule has 4 aromatic rings. The summed E-state index contributed by atoms with van der Waals surface area (Å²) in [6, 6.07) is 14.9. The van der Waals surface area contributed by atoms with Crippen molar-refractivity contribution in [3.8, 4) is 21.6 Å². The summed E-state index contributed by atoms with van der Waals surface area (Å²) in [5.74, 6) is 0. The largest absolute Gasteiger partial charge is 0.248 e. The second kappa shape index (κ2) is 20.8. The van der Waals surface area contributed by atoms with Gasteiger partial charge in [0.25, 0.3) is 0 Å². The third kappa shape index (κ3) is 9.96. The van der Waals surface area contributed by atoms with Gasteiger partial charge in [0.2, 0.25) is 0 Å². The molecule has 0 spiro atoms. The predicted octanol–water partition coefficient (Wildman–Crippen LogP) is 16.0. The number of hydrogen-bond acceptors (Lipinski definition) is 3. The van der Waals surface area contributed by atoms with Gasteiger partial charge in [0.05, 0.1) is 16.3 Å². The molecule has 0 amide bonds. The summed E-state index contributed by atoms with van der Waals surface area (Å²) in [5, 5.41) is 0. The van der Waals surface area contributed by atoms with Crippen molar-refractivity contribution in [1.29, 1.82) is 0 Å². The van der Waals surface area contributed by atoms with Crippen LogP contribution in [0, 0.1) is 13.8 Å². The van der Waals surface area contributed by atoms with Crippen molar-refractivity contribution in [2.45, 2.75) is 201 Å². The Morgan fingerprint density at radius 3 is 1.52 bits per heavy atom. The molecule has 0 aliphatic heterocycles. The molecule has 52 heavy (non-hydrogen) atoms. The second-order valence-electron chi connectivity index (χ2n) is 16.3. The van der Waals surface area contributed by atoms with Crippen LogP contribution in [0.15, 0.2) is 36.4 Å². The van der Waals surface area contributed by atoms with Gasteiger partial charge in [0.15, 0.2) is 0 Å². The maximum absolute atomic E-state index is 5.57. The molecule has 0 fully saturated rings. The lowest BCUT2D eigenvalue weighted by atomic mass is 9.70. The molecule has 2 nitrogen and oxygen atoms in total. The average Bonchev–Trinajstić information content (AvgIpc) is 3.61. The summed E-state index contributed by atoms with van der Waals surface area (Å²) < 4.78 is 0. The Bertz CT molecular complexity index is 1660. The number of hydrogen-bond donors (Lipinski definition) is 0. The van der Waals surface area contributed by atoms with Gasteiger partial charge in [-0.05, 0) is 86.3 Å². The summed E-state index contributed by atoms with van der Waals surface area (Å²) >= 11 is 1.93. The zero-order valence-corrected chi connectivity index (χ0v) is 35.1. The Hall–Kier alpha value is -2.52. The number of nitrogens with zero attached hydrogens (tertiary/aromatic N) is 2. The lowest BCUT2D eigenvalue weighted by Gasteiger charge is -2.33. The molecule has 0 N–H and O–H groups in total. The maximum Gasteiger partial charge on any atom is 0.108 e. The van der Waals surface area contributed by atoms with E-state index >= 15 is 0 Å². The summed E-state index contributed by atoms with van der Waals surface area (Å²) in [4.78, 5) is 13.7. The van der Waals surface area contributed by atoms with Crippen LogP contribution in [0.5, 0.6) is 0 Å². The summed E-state index contributed by atoms with van der Waals surface area (Å²) in [7, 11) is 0. The summed E-state index contributed by atoms with van der Waals surface area (Å²) in [5.41, 5.74) is 13.8. The Morgan fingerprint density at radius 1 is 0.500 bits per heavy atom. The number of aryl methyl sites for hydroxylation is 4. The van der Waals surface area contributed by atoms with Crippen LogP contribution in [0.3, 0.4) is 0 Å². The quantitative estimate of drug-likeness (QED) is 0.0637. The van der Waals surface area contributed by atoms with Gasteiger partial charge in [-0.25, -0.2) is 9.97 Å². The fourth-order valence-corrected chi connectivity index (χ4v) is 10.1. The molecular weight excluding hydrogens is 649 g/mol. The molecule has 0 atom stereocenters. The van der Waals surface area contributed by atoms with E-state index in [9.17, 15) is 0 Å². The van der Waals surface area contributed by atoms with Gasteiger partial charge >= 0.3 is 0 Å². The molecular formula is C49H72N2S. The molecule has 1 aliphatic carbocycles. The average molecular weight is 721 g/mol. The topological polar surface area (TPSA) is 25.8 Å². The third-order valence-corrected chi connectivity index (χ3v) is 13.2. The molecule has 2 heterocycles. The fourth-order valence-electron chi connectivity index (χ4n) is 9.02. The summed E-state index contributed by atoms with van der Waals surface area (Å²) in [6.45, 7) is 13.8. The summed E-state index contributed by atoms with van der Waals surface area (Å²) in [6.07, 6.45) is 31.0. The highest BCUT2D eigenvalue weighted by Crippen LogP contribution is 2.55. The van der Waals surface area contributed by atoms with Crippen LogP contribution in [0.4, 0.5) is 0 Å². The minimum atomic E-state index is 0.0894. The third-order valence-electron chi connectivity index (χ3n) is 12.1. The van der Waals surface area contributed by atoms with Gasteiger partial charge in [-0.2, -0.15) is 0 Å². The van der Waals surface area contributed by atoms with Crippen LogP contribution >= 0.6 is 11.3 Å². The van der Waals surface area contributed by atoms with Crippen LogP contribution in [-0.4, -0.2) is 9.97 Å². The first-order valence-corrected chi connectivity index (χ1v) is 22.8. The SMILES string of the molecule is CCCCCCCCC1(CCCCCCCC)c2cc(C)ccc2-c2ccc(-c3sc(C)c4nc(CCCCCC)c(CCCCCC)nc34)cc21. The molecule has 1 aliphatic rings. The highest BCUT2D eigenvalue weighted by Gasteiger charge is 2.42. The predicted molar refractivity (Wildman–Crippen MR) is 230 cm³/mol. The second-order valence-corrected chi connectivity index (χ2v) is 17.6. The Morgan fingerprint density at radius 2 is 0.962 bits per heavy atom. The van der Waals surface area contributed by atoms with Crippen molar-refractivity contribution in [2.75, 3.05) is 0 Å². The van der Waals surface area contributed by atoms with E-state index in [4.69, 9.17) is 9.97 Å². The van der Waals surface area contributed by atoms with Crippen molar-refractivity contribution in [3.63, 3.8) is 0 Å². The highest BCUT2D eigenvalue weighted by molar-refractivity contribution is 7.17. The Balaban J connectivity index is 1.55. The molecule has 0 saturated heterocycles. The van der Waals surface area contributed by atoms with Crippen LogP contribution in [0.2, 0.25) is 0 Å². The lowest BCUT2D eigenvalue weighted by molar-refractivity contribution is 0.398. The van der Waals surface area contributed by atoms with Crippen LogP contribution in [-0.2, 0) is 18.3 Å². The minimum Gasteiger partial charge on any atom is -0.248 e. The van der Waals surface area contributed by atoms with E-state index in [0.29, 0.717) is 0 Å². The molecule has 2 aromatic heterocycles. The number of benzene rings is 2.